The highest BCUT2D eigenvalue weighted by atomic mass is 79.9. The first-order valence-corrected chi connectivity index (χ1v) is 6.47. The van der Waals surface area contributed by atoms with Gasteiger partial charge in [0.2, 0.25) is 0 Å². The van der Waals surface area contributed by atoms with Crippen LogP contribution in [0.4, 0.5) is 0 Å². The van der Waals surface area contributed by atoms with E-state index in [1.54, 1.807) is 19.1 Å². The van der Waals surface area contributed by atoms with E-state index in [0.29, 0.717) is 0 Å². The highest BCUT2D eigenvalue weighted by Gasteiger charge is 2.15. The van der Waals surface area contributed by atoms with E-state index in [1.165, 1.54) is 6.07 Å². The summed E-state index contributed by atoms with van der Waals surface area (Å²) in [6, 6.07) is 4.74. The number of sulfone groups is 1. The van der Waals surface area contributed by atoms with Crippen molar-refractivity contribution in [3.8, 4) is 0 Å². The summed E-state index contributed by atoms with van der Waals surface area (Å²) in [6.07, 6.45) is 0. The molecule has 0 spiro atoms. The van der Waals surface area contributed by atoms with Crippen molar-refractivity contribution < 1.29 is 8.42 Å². The van der Waals surface area contributed by atoms with Crippen molar-refractivity contribution >= 4 is 37.4 Å². The lowest BCUT2D eigenvalue weighted by atomic mass is 10.4. The molecule has 1 aromatic rings. The summed E-state index contributed by atoms with van der Waals surface area (Å²) >= 11 is 8.99. The molecule has 0 amide bonds. The zero-order valence-electron chi connectivity index (χ0n) is 6.92. The van der Waals surface area contributed by atoms with Gasteiger partial charge in [-0.25, -0.2) is 8.42 Å². The molecular formula is C8H8BrClO2S. The van der Waals surface area contributed by atoms with Crippen LogP contribution in [0.15, 0.2) is 27.6 Å². The summed E-state index contributed by atoms with van der Waals surface area (Å²) in [4.78, 5) is 0.194. The van der Waals surface area contributed by atoms with Crippen LogP contribution in [0.25, 0.3) is 0 Å². The van der Waals surface area contributed by atoms with Crippen LogP contribution in [0.1, 0.15) is 6.92 Å². The van der Waals surface area contributed by atoms with E-state index >= 15 is 0 Å². The first kappa shape index (κ1) is 11.0. The van der Waals surface area contributed by atoms with Crippen molar-refractivity contribution in [1.82, 2.24) is 0 Å². The molecule has 1 aromatic carbocycles. The maximum absolute atomic E-state index is 11.4. The maximum Gasteiger partial charge on any atom is 0.179 e. The summed E-state index contributed by atoms with van der Waals surface area (Å²) in [5.41, 5.74) is 0. The number of hydrogen-bond acceptors (Lipinski definition) is 2. The van der Waals surface area contributed by atoms with Gasteiger partial charge < -0.3 is 0 Å². The van der Waals surface area contributed by atoms with E-state index in [0.717, 1.165) is 4.47 Å². The van der Waals surface area contributed by atoms with Crippen LogP contribution in [0.3, 0.4) is 0 Å². The second-order valence-corrected chi connectivity index (χ2v) is 6.05. The molecule has 0 N–H and O–H groups in total. The molecule has 2 nitrogen and oxygen atoms in total. The Morgan fingerprint density at radius 1 is 1.46 bits per heavy atom. The topological polar surface area (TPSA) is 34.1 Å². The molecule has 0 aliphatic carbocycles. The molecule has 13 heavy (non-hydrogen) atoms. The van der Waals surface area contributed by atoms with Gasteiger partial charge in [0.1, 0.15) is 0 Å². The number of halogens is 2. The minimum atomic E-state index is -3.20. The summed E-state index contributed by atoms with van der Waals surface area (Å²) in [5.74, 6) is 0.0638. The molecule has 0 atom stereocenters. The minimum Gasteiger partial charge on any atom is -0.224 e. The van der Waals surface area contributed by atoms with Crippen LogP contribution in [-0.2, 0) is 9.84 Å². The largest absolute Gasteiger partial charge is 0.224 e. The normalized spacial score (nSPS) is 11.6. The van der Waals surface area contributed by atoms with E-state index in [4.69, 9.17) is 11.6 Å². The van der Waals surface area contributed by atoms with E-state index < -0.39 is 9.84 Å². The van der Waals surface area contributed by atoms with Crippen molar-refractivity contribution in [3.05, 3.63) is 27.7 Å². The van der Waals surface area contributed by atoms with Crippen LogP contribution in [0.2, 0.25) is 5.02 Å². The Bertz CT molecular complexity index is 414. The van der Waals surface area contributed by atoms with Crippen LogP contribution in [-0.4, -0.2) is 14.2 Å². The summed E-state index contributed by atoms with van der Waals surface area (Å²) < 4.78 is 23.6. The van der Waals surface area contributed by atoms with Crippen LogP contribution in [0.5, 0.6) is 0 Å². The van der Waals surface area contributed by atoms with E-state index in [9.17, 15) is 8.42 Å². The Hall–Kier alpha value is -0.0600. The molecule has 0 bridgehead atoms. The molecule has 0 saturated heterocycles. The summed E-state index contributed by atoms with van der Waals surface area (Å²) in [5, 5.41) is 0.260. The Balaban J connectivity index is 3.33. The molecule has 5 heteroatoms. The number of hydrogen-bond donors (Lipinski definition) is 0. The molecule has 1 rings (SSSR count). The van der Waals surface area contributed by atoms with Crippen LogP contribution >= 0.6 is 27.5 Å². The SMILES string of the molecule is CCS(=O)(=O)c1ccc(Br)cc1Cl. The predicted molar refractivity (Wildman–Crippen MR) is 56.9 cm³/mol. The van der Waals surface area contributed by atoms with Gasteiger partial charge in [0, 0.05) is 4.47 Å². The van der Waals surface area contributed by atoms with E-state index in [1.807, 2.05) is 0 Å². The van der Waals surface area contributed by atoms with Crippen molar-refractivity contribution in [3.63, 3.8) is 0 Å². The van der Waals surface area contributed by atoms with Gasteiger partial charge in [0.05, 0.1) is 15.7 Å². The quantitative estimate of drug-likeness (QED) is 0.836. The Kier molecular flexibility index (Phi) is 3.38. The molecule has 0 fully saturated rings. The maximum atomic E-state index is 11.4. The van der Waals surface area contributed by atoms with Crippen molar-refractivity contribution in [2.45, 2.75) is 11.8 Å². The third-order valence-corrected chi connectivity index (χ3v) is 4.31. The zero-order chi connectivity index (χ0) is 10.1. The Morgan fingerprint density at radius 2 is 2.08 bits per heavy atom. The standard InChI is InChI=1S/C8H8BrClO2S/c1-2-13(11,12)8-4-3-6(9)5-7(8)10/h3-5H,2H2,1H3. The fraction of sp³-hybridized carbons (Fsp3) is 0.250. The van der Waals surface area contributed by atoms with E-state index in [2.05, 4.69) is 15.9 Å². The molecule has 0 aliphatic rings. The summed E-state index contributed by atoms with van der Waals surface area (Å²) in [7, 11) is -3.20. The van der Waals surface area contributed by atoms with Crippen molar-refractivity contribution in [2.24, 2.45) is 0 Å². The molecule has 0 unspecified atom stereocenters. The zero-order valence-corrected chi connectivity index (χ0v) is 10.1. The van der Waals surface area contributed by atoms with Gasteiger partial charge in [0.25, 0.3) is 0 Å². The van der Waals surface area contributed by atoms with Gasteiger partial charge >= 0.3 is 0 Å². The van der Waals surface area contributed by atoms with Gasteiger partial charge in [-0.2, -0.15) is 0 Å². The molecule has 0 radical (unpaired) electrons. The molecule has 72 valence electrons. The average Bonchev–Trinajstić information content (AvgIpc) is 2.03. The second-order valence-electron chi connectivity index (χ2n) is 2.48. The van der Waals surface area contributed by atoms with Gasteiger partial charge in [-0.05, 0) is 18.2 Å². The van der Waals surface area contributed by atoms with Crippen molar-refractivity contribution in [1.29, 1.82) is 0 Å². The Morgan fingerprint density at radius 3 is 2.54 bits per heavy atom. The highest BCUT2D eigenvalue weighted by molar-refractivity contribution is 9.10. The third-order valence-electron chi connectivity index (χ3n) is 1.61. The molecule has 0 heterocycles. The lowest BCUT2D eigenvalue weighted by molar-refractivity contribution is 0.597. The Labute approximate surface area is 91.0 Å². The third kappa shape index (κ3) is 2.45. The molecule has 0 aromatic heterocycles. The van der Waals surface area contributed by atoms with Crippen LogP contribution < -0.4 is 0 Å². The lowest BCUT2D eigenvalue weighted by Crippen LogP contribution is -2.04. The fourth-order valence-electron chi connectivity index (χ4n) is 0.883. The summed E-state index contributed by atoms with van der Waals surface area (Å²) in [6.45, 7) is 1.59. The van der Waals surface area contributed by atoms with Gasteiger partial charge in [-0.3, -0.25) is 0 Å². The first-order chi connectivity index (χ1) is 5.97. The van der Waals surface area contributed by atoms with Crippen LogP contribution in [0, 0.1) is 0 Å². The lowest BCUT2D eigenvalue weighted by Gasteiger charge is -2.03. The first-order valence-electron chi connectivity index (χ1n) is 3.65. The number of rotatable bonds is 2. The monoisotopic (exact) mass is 282 g/mol. The van der Waals surface area contributed by atoms with Gasteiger partial charge in [-0.15, -0.1) is 0 Å². The molecule has 0 aliphatic heterocycles. The average molecular weight is 284 g/mol. The predicted octanol–water partition coefficient (Wildman–Crippen LogP) is 2.90. The molecular weight excluding hydrogens is 276 g/mol. The fourth-order valence-corrected chi connectivity index (χ4v) is 2.85. The smallest absolute Gasteiger partial charge is 0.179 e. The van der Waals surface area contributed by atoms with E-state index in [-0.39, 0.29) is 15.7 Å². The highest BCUT2D eigenvalue weighted by Crippen LogP contribution is 2.25. The van der Waals surface area contributed by atoms with Gasteiger partial charge in [-0.1, -0.05) is 34.5 Å². The molecule has 0 saturated carbocycles. The second kappa shape index (κ2) is 3.98. The van der Waals surface area contributed by atoms with Gasteiger partial charge in [0.15, 0.2) is 9.84 Å². The van der Waals surface area contributed by atoms with Crippen molar-refractivity contribution in [2.75, 3.05) is 5.75 Å². The minimum absolute atomic E-state index is 0.0638. The number of benzene rings is 1.